The molecule has 1 N–H and O–H groups in total. The number of ether oxygens (including phenoxy) is 1. The molecule has 1 unspecified atom stereocenters. The predicted molar refractivity (Wildman–Crippen MR) is 77.5 cm³/mol. The van der Waals surface area contributed by atoms with E-state index in [1.807, 2.05) is 11.3 Å². The third-order valence-electron chi connectivity index (χ3n) is 3.62. The summed E-state index contributed by atoms with van der Waals surface area (Å²) in [6.07, 6.45) is 3.58. The minimum absolute atomic E-state index is 0.186. The Balaban J connectivity index is 1.97. The average Bonchev–Trinajstić information content (AvgIpc) is 2.77. The summed E-state index contributed by atoms with van der Waals surface area (Å²) in [6.45, 7) is 5.56. The second kappa shape index (κ2) is 7.33. The third kappa shape index (κ3) is 4.24. The fourth-order valence-corrected chi connectivity index (χ4v) is 3.80. The van der Waals surface area contributed by atoms with Gasteiger partial charge in [-0.2, -0.15) is 0 Å². The Hall–Kier alpha value is -0.490. The van der Waals surface area contributed by atoms with Gasteiger partial charge in [-0.25, -0.2) is 4.98 Å². The molecule has 0 fully saturated rings. The highest BCUT2D eigenvalue weighted by molar-refractivity contribution is 7.11. The van der Waals surface area contributed by atoms with Gasteiger partial charge in [-0.05, 0) is 25.2 Å². The normalized spacial score (nSPS) is 18.8. The largest absolute Gasteiger partial charge is 0.395 e. The summed E-state index contributed by atoms with van der Waals surface area (Å²) >= 11 is 1.85. The lowest BCUT2D eigenvalue weighted by molar-refractivity contribution is 0.127. The van der Waals surface area contributed by atoms with Crippen LogP contribution in [0.4, 0.5) is 0 Å². The number of aliphatic hydroxyl groups excluding tert-OH is 1. The second-order valence-electron chi connectivity index (χ2n) is 5.32. The van der Waals surface area contributed by atoms with E-state index in [9.17, 15) is 0 Å². The number of aryl methyl sites for hydroxylation is 1. The van der Waals surface area contributed by atoms with E-state index in [1.165, 1.54) is 28.4 Å². The van der Waals surface area contributed by atoms with Gasteiger partial charge in [0, 0.05) is 25.1 Å². The Kier molecular flexibility index (Phi) is 5.76. The van der Waals surface area contributed by atoms with Crippen LogP contribution >= 0.6 is 11.3 Å². The average molecular weight is 284 g/mol. The molecule has 1 aromatic heterocycles. The zero-order valence-corrected chi connectivity index (χ0v) is 12.7. The van der Waals surface area contributed by atoms with Gasteiger partial charge >= 0.3 is 0 Å². The van der Waals surface area contributed by atoms with Crippen molar-refractivity contribution >= 4 is 11.3 Å². The van der Waals surface area contributed by atoms with E-state index in [-0.39, 0.29) is 6.61 Å². The molecular weight excluding hydrogens is 260 g/mol. The molecule has 0 aliphatic heterocycles. The Labute approximate surface area is 119 Å². The summed E-state index contributed by atoms with van der Waals surface area (Å²) < 4.78 is 5.11. The predicted octanol–water partition coefficient (Wildman–Crippen LogP) is 1.71. The fourth-order valence-electron chi connectivity index (χ4n) is 2.48. The zero-order chi connectivity index (χ0) is 13.7. The van der Waals surface area contributed by atoms with Crippen LogP contribution in [0.15, 0.2) is 0 Å². The number of methoxy groups -OCH3 is 1. The van der Waals surface area contributed by atoms with Crippen molar-refractivity contribution in [1.29, 1.82) is 0 Å². The van der Waals surface area contributed by atoms with Gasteiger partial charge in [0.15, 0.2) is 0 Å². The van der Waals surface area contributed by atoms with E-state index >= 15 is 0 Å². The Morgan fingerprint density at radius 2 is 2.32 bits per heavy atom. The number of hydrogen-bond donors (Lipinski definition) is 1. The summed E-state index contributed by atoms with van der Waals surface area (Å²) in [5, 5.41) is 10.3. The highest BCUT2D eigenvalue weighted by Gasteiger charge is 2.20. The van der Waals surface area contributed by atoms with Crippen LogP contribution in [-0.4, -0.2) is 48.4 Å². The molecule has 0 saturated heterocycles. The van der Waals surface area contributed by atoms with E-state index in [2.05, 4.69) is 11.8 Å². The lowest BCUT2D eigenvalue weighted by Gasteiger charge is -2.19. The van der Waals surface area contributed by atoms with E-state index in [4.69, 9.17) is 14.8 Å². The van der Waals surface area contributed by atoms with Gasteiger partial charge in [-0.15, -0.1) is 11.3 Å². The number of thiazole rings is 1. The molecule has 1 atom stereocenters. The van der Waals surface area contributed by atoms with Crippen LogP contribution in [0.5, 0.6) is 0 Å². The van der Waals surface area contributed by atoms with Crippen LogP contribution in [-0.2, 0) is 24.1 Å². The van der Waals surface area contributed by atoms with Crippen molar-refractivity contribution in [3.05, 3.63) is 15.6 Å². The fraction of sp³-hybridized carbons (Fsp3) is 0.786. The highest BCUT2D eigenvalue weighted by atomic mass is 32.1. The molecule has 0 radical (unpaired) electrons. The molecule has 5 heteroatoms. The summed E-state index contributed by atoms with van der Waals surface area (Å²) in [7, 11) is 1.71. The number of fused-ring (bicyclic) bond motifs is 1. The first-order valence-corrected chi connectivity index (χ1v) is 7.84. The van der Waals surface area contributed by atoms with E-state index in [1.54, 1.807) is 7.11 Å². The van der Waals surface area contributed by atoms with Crippen LogP contribution in [0, 0.1) is 5.92 Å². The van der Waals surface area contributed by atoms with Crippen LogP contribution in [0.2, 0.25) is 0 Å². The molecule has 19 heavy (non-hydrogen) atoms. The molecule has 0 saturated carbocycles. The highest BCUT2D eigenvalue weighted by Crippen LogP contribution is 2.30. The number of aromatic nitrogens is 1. The second-order valence-corrected chi connectivity index (χ2v) is 6.49. The molecule has 0 amide bonds. The molecule has 1 aliphatic carbocycles. The first-order valence-electron chi connectivity index (χ1n) is 7.02. The standard InChI is InChI=1S/C14H24N2O2S/c1-11-3-4-12-13(9-11)19-14(15-12)10-16(5-7-17)6-8-18-2/h11,17H,3-10H2,1-2H3. The molecule has 1 aliphatic rings. The maximum absolute atomic E-state index is 9.11. The van der Waals surface area contributed by atoms with Gasteiger partial charge in [0.1, 0.15) is 5.01 Å². The molecule has 0 spiro atoms. The molecule has 2 rings (SSSR count). The van der Waals surface area contributed by atoms with E-state index in [0.717, 1.165) is 25.4 Å². The van der Waals surface area contributed by atoms with Gasteiger partial charge < -0.3 is 9.84 Å². The first-order chi connectivity index (χ1) is 9.22. The topological polar surface area (TPSA) is 45.6 Å². The summed E-state index contributed by atoms with van der Waals surface area (Å²) in [5.74, 6) is 0.794. The third-order valence-corrected chi connectivity index (χ3v) is 4.72. The van der Waals surface area contributed by atoms with Gasteiger partial charge in [0.05, 0.1) is 25.5 Å². The molecule has 0 aromatic carbocycles. The molecule has 0 bridgehead atoms. The van der Waals surface area contributed by atoms with Crippen LogP contribution in [0.25, 0.3) is 0 Å². The summed E-state index contributed by atoms with van der Waals surface area (Å²) in [5.41, 5.74) is 1.31. The van der Waals surface area contributed by atoms with Crippen molar-refractivity contribution in [1.82, 2.24) is 9.88 Å². The first kappa shape index (κ1) is 14.9. The number of aliphatic hydroxyl groups is 1. The Morgan fingerprint density at radius 3 is 3.05 bits per heavy atom. The molecule has 1 heterocycles. The van der Waals surface area contributed by atoms with Gasteiger partial charge in [0.2, 0.25) is 0 Å². The van der Waals surface area contributed by atoms with Gasteiger partial charge in [0.25, 0.3) is 0 Å². The maximum atomic E-state index is 9.11. The zero-order valence-electron chi connectivity index (χ0n) is 11.9. The summed E-state index contributed by atoms with van der Waals surface area (Å²) in [4.78, 5) is 8.45. The van der Waals surface area contributed by atoms with Crippen molar-refractivity contribution < 1.29 is 9.84 Å². The minimum atomic E-state index is 0.186. The smallest absolute Gasteiger partial charge is 0.107 e. The number of hydrogen-bond acceptors (Lipinski definition) is 5. The number of nitrogens with zero attached hydrogens (tertiary/aromatic N) is 2. The SMILES string of the molecule is COCCN(CCO)Cc1nc2c(s1)CC(C)CC2. The van der Waals surface area contributed by atoms with Crippen molar-refractivity contribution in [2.45, 2.75) is 32.7 Å². The number of rotatable bonds is 7. The van der Waals surface area contributed by atoms with Crippen LogP contribution < -0.4 is 0 Å². The molecular formula is C14H24N2O2S. The molecule has 1 aromatic rings. The molecule has 4 nitrogen and oxygen atoms in total. The Morgan fingerprint density at radius 1 is 1.47 bits per heavy atom. The van der Waals surface area contributed by atoms with Gasteiger partial charge in [-0.3, -0.25) is 4.90 Å². The van der Waals surface area contributed by atoms with Gasteiger partial charge in [-0.1, -0.05) is 6.92 Å². The van der Waals surface area contributed by atoms with Crippen molar-refractivity contribution in [2.24, 2.45) is 5.92 Å². The molecule has 108 valence electrons. The van der Waals surface area contributed by atoms with Crippen molar-refractivity contribution in [3.8, 4) is 0 Å². The minimum Gasteiger partial charge on any atom is -0.395 e. The lowest BCUT2D eigenvalue weighted by atomic mass is 9.93. The summed E-state index contributed by atoms with van der Waals surface area (Å²) in [6, 6.07) is 0. The van der Waals surface area contributed by atoms with Crippen molar-refractivity contribution in [3.63, 3.8) is 0 Å². The lowest BCUT2D eigenvalue weighted by Crippen LogP contribution is -2.29. The maximum Gasteiger partial charge on any atom is 0.107 e. The quantitative estimate of drug-likeness (QED) is 0.828. The van der Waals surface area contributed by atoms with Crippen LogP contribution in [0.1, 0.15) is 28.9 Å². The van der Waals surface area contributed by atoms with Crippen molar-refractivity contribution in [2.75, 3.05) is 33.4 Å². The monoisotopic (exact) mass is 284 g/mol. The van der Waals surface area contributed by atoms with E-state index < -0.39 is 0 Å². The van der Waals surface area contributed by atoms with E-state index in [0.29, 0.717) is 13.2 Å². The Bertz CT molecular complexity index is 395. The van der Waals surface area contributed by atoms with Crippen LogP contribution in [0.3, 0.4) is 0 Å².